The van der Waals surface area contributed by atoms with Crippen molar-refractivity contribution < 1.29 is 4.74 Å². The Hall–Kier alpha value is -2.67. The number of nitrogens with one attached hydrogen (secondary N) is 2. The summed E-state index contributed by atoms with van der Waals surface area (Å²) in [6.45, 7) is 2.03. The van der Waals surface area contributed by atoms with Crippen LogP contribution in [0.25, 0.3) is 0 Å². The molecule has 0 saturated heterocycles. The van der Waals surface area contributed by atoms with Gasteiger partial charge in [-0.3, -0.25) is 0 Å². The molecule has 0 aliphatic heterocycles. The van der Waals surface area contributed by atoms with Gasteiger partial charge in [-0.25, -0.2) is 0 Å². The van der Waals surface area contributed by atoms with E-state index < -0.39 is 0 Å². The maximum Gasteiger partial charge on any atom is 0.249 e. The van der Waals surface area contributed by atoms with Gasteiger partial charge in [0.25, 0.3) is 0 Å². The lowest BCUT2D eigenvalue weighted by Gasteiger charge is -2.11. The molecule has 0 radical (unpaired) electrons. The van der Waals surface area contributed by atoms with Crippen LogP contribution in [-0.2, 0) is 0 Å². The van der Waals surface area contributed by atoms with E-state index >= 15 is 0 Å². The fourth-order valence-corrected chi connectivity index (χ4v) is 2.40. The van der Waals surface area contributed by atoms with Crippen LogP contribution in [0.1, 0.15) is 5.56 Å². The topological polar surface area (TPSA) is 72.0 Å². The van der Waals surface area contributed by atoms with Crippen LogP contribution in [0.4, 0.5) is 23.1 Å². The lowest BCUT2D eigenvalue weighted by molar-refractivity contribution is 0.417. The average molecular weight is 386 g/mol. The molecule has 24 heavy (non-hydrogen) atoms. The first-order valence-electron chi connectivity index (χ1n) is 7.28. The fourth-order valence-electron chi connectivity index (χ4n) is 2.16. The molecule has 6 nitrogen and oxygen atoms in total. The molecule has 3 aromatic rings. The number of aryl methyl sites for hydroxylation is 1. The van der Waals surface area contributed by atoms with Gasteiger partial charge in [0.05, 0.1) is 19.0 Å². The third-order valence-electron chi connectivity index (χ3n) is 3.34. The Bertz CT molecular complexity index is 856. The van der Waals surface area contributed by atoms with E-state index in [0.29, 0.717) is 17.5 Å². The van der Waals surface area contributed by atoms with Crippen LogP contribution in [0, 0.1) is 6.92 Å². The summed E-state index contributed by atoms with van der Waals surface area (Å²) in [6.07, 6.45) is 1.57. The third kappa shape index (κ3) is 3.80. The zero-order chi connectivity index (χ0) is 16.9. The van der Waals surface area contributed by atoms with Crippen LogP contribution >= 0.6 is 15.9 Å². The highest BCUT2D eigenvalue weighted by molar-refractivity contribution is 9.10. The SMILES string of the molecule is COc1ccccc1Nc1nncc(Nc2ccc(Br)c(C)c2)n1. The molecule has 0 unspecified atom stereocenters. The van der Waals surface area contributed by atoms with Crippen molar-refractivity contribution in [3.05, 3.63) is 58.7 Å². The zero-order valence-electron chi connectivity index (χ0n) is 13.2. The summed E-state index contributed by atoms with van der Waals surface area (Å²) < 4.78 is 6.37. The van der Waals surface area contributed by atoms with Crippen molar-refractivity contribution in [2.75, 3.05) is 17.7 Å². The van der Waals surface area contributed by atoms with Gasteiger partial charge >= 0.3 is 0 Å². The van der Waals surface area contributed by atoms with Crippen molar-refractivity contribution in [2.24, 2.45) is 0 Å². The zero-order valence-corrected chi connectivity index (χ0v) is 14.8. The Morgan fingerprint density at radius 2 is 1.92 bits per heavy atom. The Balaban J connectivity index is 1.80. The predicted octanol–water partition coefficient (Wildman–Crippen LogP) is 4.44. The smallest absolute Gasteiger partial charge is 0.249 e. The minimum Gasteiger partial charge on any atom is -0.495 e. The molecule has 2 N–H and O–H groups in total. The standard InChI is InChI=1S/C17H16BrN5O/c1-11-9-12(7-8-13(11)18)20-16-10-19-23-17(22-16)21-14-5-3-4-6-15(14)24-2/h3-10H,1-2H3,(H2,20,21,22,23). The number of nitrogens with zero attached hydrogens (tertiary/aromatic N) is 3. The number of halogens is 1. The highest BCUT2D eigenvalue weighted by Gasteiger charge is 2.06. The molecule has 0 aliphatic carbocycles. The van der Waals surface area contributed by atoms with Crippen LogP contribution < -0.4 is 15.4 Å². The van der Waals surface area contributed by atoms with Gasteiger partial charge in [0.15, 0.2) is 5.82 Å². The van der Waals surface area contributed by atoms with Crippen molar-refractivity contribution in [1.82, 2.24) is 15.2 Å². The van der Waals surface area contributed by atoms with Crippen molar-refractivity contribution in [1.29, 1.82) is 0 Å². The molecule has 1 heterocycles. The fraction of sp³-hybridized carbons (Fsp3) is 0.118. The maximum absolute atomic E-state index is 5.31. The van der Waals surface area contributed by atoms with Crippen LogP contribution in [-0.4, -0.2) is 22.3 Å². The van der Waals surface area contributed by atoms with E-state index in [-0.39, 0.29) is 0 Å². The van der Waals surface area contributed by atoms with Gasteiger partial charge in [0.2, 0.25) is 5.95 Å². The Morgan fingerprint density at radius 3 is 2.71 bits per heavy atom. The van der Waals surface area contributed by atoms with Gasteiger partial charge in [-0.15, -0.1) is 5.10 Å². The molecule has 0 amide bonds. The number of anilines is 4. The summed E-state index contributed by atoms with van der Waals surface area (Å²) in [6, 6.07) is 13.5. The number of methoxy groups -OCH3 is 1. The van der Waals surface area contributed by atoms with Crippen LogP contribution in [0.5, 0.6) is 5.75 Å². The van der Waals surface area contributed by atoms with Gasteiger partial charge in [-0.1, -0.05) is 28.1 Å². The van der Waals surface area contributed by atoms with E-state index in [4.69, 9.17) is 4.74 Å². The Morgan fingerprint density at radius 1 is 1.08 bits per heavy atom. The Kier molecular flexibility index (Phi) is 4.90. The number of ether oxygens (including phenoxy) is 1. The molecule has 0 bridgehead atoms. The molecule has 0 fully saturated rings. The van der Waals surface area contributed by atoms with Crippen molar-refractivity contribution in [3.63, 3.8) is 0 Å². The second-order valence-electron chi connectivity index (χ2n) is 5.08. The molecular weight excluding hydrogens is 370 g/mol. The number of para-hydroxylation sites is 2. The monoisotopic (exact) mass is 385 g/mol. The van der Waals surface area contributed by atoms with E-state index in [2.05, 4.69) is 41.7 Å². The predicted molar refractivity (Wildman–Crippen MR) is 98.3 cm³/mol. The minimum atomic E-state index is 0.387. The lowest BCUT2D eigenvalue weighted by atomic mass is 10.2. The minimum absolute atomic E-state index is 0.387. The quantitative estimate of drug-likeness (QED) is 0.676. The van der Waals surface area contributed by atoms with Gasteiger partial charge in [0, 0.05) is 10.2 Å². The number of hydrogen-bond donors (Lipinski definition) is 2. The molecule has 0 aliphatic rings. The van der Waals surface area contributed by atoms with Gasteiger partial charge < -0.3 is 15.4 Å². The maximum atomic E-state index is 5.31. The molecule has 0 spiro atoms. The molecule has 0 saturated carbocycles. The molecular formula is C17H16BrN5O. The summed E-state index contributed by atoms with van der Waals surface area (Å²) in [5.74, 6) is 1.70. The largest absolute Gasteiger partial charge is 0.495 e. The molecule has 1 aromatic heterocycles. The third-order valence-corrected chi connectivity index (χ3v) is 4.23. The number of rotatable bonds is 5. The molecule has 3 rings (SSSR count). The second-order valence-corrected chi connectivity index (χ2v) is 5.93. The van der Waals surface area contributed by atoms with E-state index in [1.165, 1.54) is 0 Å². The highest BCUT2D eigenvalue weighted by Crippen LogP contribution is 2.26. The summed E-state index contributed by atoms with van der Waals surface area (Å²) in [5, 5.41) is 14.3. The van der Waals surface area contributed by atoms with E-state index in [9.17, 15) is 0 Å². The molecule has 2 aromatic carbocycles. The summed E-state index contributed by atoms with van der Waals surface area (Å²) in [5.41, 5.74) is 2.84. The summed E-state index contributed by atoms with van der Waals surface area (Å²) in [7, 11) is 1.62. The van der Waals surface area contributed by atoms with Crippen molar-refractivity contribution in [3.8, 4) is 5.75 Å². The summed E-state index contributed by atoms with van der Waals surface area (Å²) in [4.78, 5) is 4.43. The van der Waals surface area contributed by atoms with Crippen LogP contribution in [0.2, 0.25) is 0 Å². The number of benzene rings is 2. The highest BCUT2D eigenvalue weighted by atomic mass is 79.9. The first kappa shape index (κ1) is 16.2. The molecule has 0 atom stereocenters. The first-order valence-corrected chi connectivity index (χ1v) is 8.08. The number of hydrogen-bond acceptors (Lipinski definition) is 6. The first-order chi connectivity index (χ1) is 11.7. The van der Waals surface area contributed by atoms with Crippen molar-refractivity contribution >= 4 is 39.1 Å². The Labute approximate surface area is 148 Å². The summed E-state index contributed by atoms with van der Waals surface area (Å²) >= 11 is 3.49. The van der Waals surface area contributed by atoms with Gasteiger partial charge in [-0.2, -0.15) is 10.1 Å². The molecule has 7 heteroatoms. The van der Waals surface area contributed by atoms with Crippen molar-refractivity contribution in [2.45, 2.75) is 6.92 Å². The van der Waals surface area contributed by atoms with Gasteiger partial charge in [0.1, 0.15) is 5.75 Å². The average Bonchev–Trinajstić information content (AvgIpc) is 2.59. The lowest BCUT2D eigenvalue weighted by Crippen LogP contribution is -2.03. The normalized spacial score (nSPS) is 10.3. The van der Waals surface area contributed by atoms with E-state index in [1.54, 1.807) is 13.3 Å². The van der Waals surface area contributed by atoms with Crippen LogP contribution in [0.15, 0.2) is 53.1 Å². The van der Waals surface area contributed by atoms with Crippen LogP contribution in [0.3, 0.4) is 0 Å². The van der Waals surface area contributed by atoms with Gasteiger partial charge in [-0.05, 0) is 42.8 Å². The number of aromatic nitrogens is 3. The second kappa shape index (κ2) is 7.27. The van der Waals surface area contributed by atoms with E-state index in [0.717, 1.165) is 21.4 Å². The molecule has 122 valence electrons. The van der Waals surface area contributed by atoms with E-state index in [1.807, 2.05) is 49.4 Å².